The fraction of sp³-hybridized carbons (Fsp3) is 0.0833. The molecular formula is C12H9BrN2O2. The maximum atomic E-state index is 11.2. The number of carbonyl (C=O) groups is 1. The van der Waals surface area contributed by atoms with Crippen molar-refractivity contribution in [3.63, 3.8) is 0 Å². The second kappa shape index (κ2) is 5.05. The molecule has 86 valence electrons. The molecule has 0 saturated heterocycles. The standard InChI is InChI=1S/C12H9BrN2O2/c1-17-12(16)8-2-4-10(14-6-8)11-5-3-9(13)7-15-11/h2-7H,1H3. The molecule has 2 aromatic rings. The predicted molar refractivity (Wildman–Crippen MR) is 66.5 cm³/mol. The first-order chi connectivity index (χ1) is 8.20. The van der Waals surface area contributed by atoms with Crippen LogP contribution in [-0.4, -0.2) is 23.0 Å². The first-order valence-electron chi connectivity index (χ1n) is 4.87. The third-order valence-corrected chi connectivity index (χ3v) is 2.64. The largest absolute Gasteiger partial charge is 0.465 e. The third-order valence-electron chi connectivity index (χ3n) is 2.17. The Morgan fingerprint density at radius 1 is 1.12 bits per heavy atom. The Morgan fingerprint density at radius 3 is 2.24 bits per heavy atom. The topological polar surface area (TPSA) is 52.1 Å². The molecule has 0 radical (unpaired) electrons. The molecule has 0 atom stereocenters. The van der Waals surface area contributed by atoms with Crippen molar-refractivity contribution in [1.82, 2.24) is 9.97 Å². The van der Waals surface area contributed by atoms with Crippen LogP contribution in [0.15, 0.2) is 41.1 Å². The zero-order chi connectivity index (χ0) is 12.3. The van der Waals surface area contributed by atoms with Crippen molar-refractivity contribution in [2.24, 2.45) is 0 Å². The minimum absolute atomic E-state index is 0.396. The Bertz CT molecular complexity index is 523. The van der Waals surface area contributed by atoms with Gasteiger partial charge in [-0.1, -0.05) is 0 Å². The number of halogens is 1. The molecule has 0 unspecified atom stereocenters. The highest BCUT2D eigenvalue weighted by molar-refractivity contribution is 9.10. The maximum absolute atomic E-state index is 11.2. The molecule has 2 rings (SSSR count). The van der Waals surface area contributed by atoms with Gasteiger partial charge in [-0.2, -0.15) is 0 Å². The summed E-state index contributed by atoms with van der Waals surface area (Å²) >= 11 is 3.31. The van der Waals surface area contributed by atoms with Crippen LogP contribution in [0.3, 0.4) is 0 Å². The first-order valence-corrected chi connectivity index (χ1v) is 5.66. The number of esters is 1. The van der Waals surface area contributed by atoms with Gasteiger partial charge in [0.1, 0.15) is 0 Å². The van der Waals surface area contributed by atoms with Crippen molar-refractivity contribution in [3.8, 4) is 11.4 Å². The normalized spacial score (nSPS) is 10.0. The number of rotatable bonds is 2. The monoisotopic (exact) mass is 292 g/mol. The molecule has 0 saturated carbocycles. The zero-order valence-electron chi connectivity index (χ0n) is 9.05. The summed E-state index contributed by atoms with van der Waals surface area (Å²) in [6.45, 7) is 0. The maximum Gasteiger partial charge on any atom is 0.339 e. The SMILES string of the molecule is COC(=O)c1ccc(-c2ccc(Br)cn2)nc1. The highest BCUT2D eigenvalue weighted by Crippen LogP contribution is 2.17. The van der Waals surface area contributed by atoms with E-state index in [1.54, 1.807) is 18.3 Å². The molecule has 0 bridgehead atoms. The molecule has 4 nitrogen and oxygen atoms in total. The number of nitrogens with zero attached hydrogens (tertiary/aromatic N) is 2. The van der Waals surface area contributed by atoms with E-state index in [0.29, 0.717) is 11.3 Å². The van der Waals surface area contributed by atoms with Crippen molar-refractivity contribution >= 4 is 21.9 Å². The molecule has 2 aromatic heterocycles. The van der Waals surface area contributed by atoms with Gasteiger partial charge < -0.3 is 4.74 Å². The number of hydrogen-bond acceptors (Lipinski definition) is 4. The fourth-order valence-electron chi connectivity index (χ4n) is 1.31. The Morgan fingerprint density at radius 2 is 1.76 bits per heavy atom. The number of ether oxygens (including phenoxy) is 1. The van der Waals surface area contributed by atoms with Crippen molar-refractivity contribution in [1.29, 1.82) is 0 Å². The number of hydrogen-bond donors (Lipinski definition) is 0. The number of carbonyl (C=O) groups excluding carboxylic acids is 1. The second-order valence-electron chi connectivity index (χ2n) is 3.29. The molecule has 0 amide bonds. The van der Waals surface area contributed by atoms with E-state index in [4.69, 9.17) is 0 Å². The van der Waals surface area contributed by atoms with Crippen LogP contribution in [0.1, 0.15) is 10.4 Å². The lowest BCUT2D eigenvalue weighted by Crippen LogP contribution is -2.01. The molecule has 0 spiro atoms. The molecule has 0 aliphatic heterocycles. The van der Waals surface area contributed by atoms with Gasteiger partial charge in [0, 0.05) is 16.9 Å². The van der Waals surface area contributed by atoms with Crippen LogP contribution in [-0.2, 0) is 4.74 Å². The number of pyridine rings is 2. The molecule has 0 fully saturated rings. The van der Waals surface area contributed by atoms with Gasteiger partial charge in [0.05, 0.1) is 24.1 Å². The van der Waals surface area contributed by atoms with E-state index in [9.17, 15) is 4.79 Å². The molecule has 0 aliphatic rings. The van der Waals surface area contributed by atoms with E-state index in [0.717, 1.165) is 10.2 Å². The lowest BCUT2D eigenvalue weighted by Gasteiger charge is -2.01. The van der Waals surface area contributed by atoms with E-state index in [2.05, 4.69) is 30.6 Å². The summed E-state index contributed by atoms with van der Waals surface area (Å²) in [6, 6.07) is 7.14. The highest BCUT2D eigenvalue weighted by Gasteiger charge is 2.06. The van der Waals surface area contributed by atoms with Crippen LogP contribution in [0, 0.1) is 0 Å². The van der Waals surface area contributed by atoms with Gasteiger partial charge in [-0.15, -0.1) is 0 Å². The Balaban J connectivity index is 2.29. The summed E-state index contributed by atoms with van der Waals surface area (Å²) < 4.78 is 5.51. The summed E-state index contributed by atoms with van der Waals surface area (Å²) in [5.74, 6) is -0.396. The molecule has 0 aromatic carbocycles. The van der Waals surface area contributed by atoms with Crippen LogP contribution in [0.25, 0.3) is 11.4 Å². The van der Waals surface area contributed by atoms with Crippen LogP contribution < -0.4 is 0 Å². The van der Waals surface area contributed by atoms with Crippen LogP contribution >= 0.6 is 15.9 Å². The summed E-state index contributed by atoms with van der Waals surface area (Å²) in [4.78, 5) is 19.6. The Hall–Kier alpha value is -1.75. The average Bonchev–Trinajstić information content (AvgIpc) is 2.39. The number of aromatic nitrogens is 2. The first kappa shape index (κ1) is 11.7. The predicted octanol–water partition coefficient (Wildman–Crippen LogP) is 2.69. The van der Waals surface area contributed by atoms with Crippen molar-refractivity contribution in [3.05, 3.63) is 46.7 Å². The van der Waals surface area contributed by atoms with Gasteiger partial charge in [0.25, 0.3) is 0 Å². The summed E-state index contributed by atoms with van der Waals surface area (Å²) in [5.41, 5.74) is 1.89. The summed E-state index contributed by atoms with van der Waals surface area (Å²) in [6.07, 6.45) is 3.18. The molecule has 5 heteroatoms. The zero-order valence-corrected chi connectivity index (χ0v) is 10.6. The van der Waals surface area contributed by atoms with Gasteiger partial charge in [-0.05, 0) is 40.2 Å². The fourth-order valence-corrected chi connectivity index (χ4v) is 1.55. The van der Waals surface area contributed by atoms with Crippen LogP contribution in [0.5, 0.6) is 0 Å². The smallest absolute Gasteiger partial charge is 0.339 e. The van der Waals surface area contributed by atoms with E-state index >= 15 is 0 Å². The lowest BCUT2D eigenvalue weighted by molar-refractivity contribution is 0.0600. The van der Waals surface area contributed by atoms with Crippen LogP contribution in [0.4, 0.5) is 0 Å². The molecular weight excluding hydrogens is 284 g/mol. The molecule has 17 heavy (non-hydrogen) atoms. The summed E-state index contributed by atoms with van der Waals surface area (Å²) in [5, 5.41) is 0. The second-order valence-corrected chi connectivity index (χ2v) is 4.20. The Labute approximate surface area is 107 Å². The van der Waals surface area contributed by atoms with Gasteiger partial charge >= 0.3 is 5.97 Å². The van der Waals surface area contributed by atoms with Gasteiger partial charge in [0.15, 0.2) is 0 Å². The minimum Gasteiger partial charge on any atom is -0.465 e. The Kier molecular flexibility index (Phi) is 3.49. The minimum atomic E-state index is -0.396. The molecule has 0 aliphatic carbocycles. The van der Waals surface area contributed by atoms with E-state index < -0.39 is 5.97 Å². The number of methoxy groups -OCH3 is 1. The van der Waals surface area contributed by atoms with E-state index in [1.807, 2.05) is 12.1 Å². The average molecular weight is 293 g/mol. The molecule has 0 N–H and O–H groups in total. The van der Waals surface area contributed by atoms with Gasteiger partial charge in [-0.3, -0.25) is 9.97 Å². The third kappa shape index (κ3) is 2.68. The summed E-state index contributed by atoms with van der Waals surface area (Å²) in [7, 11) is 1.34. The van der Waals surface area contributed by atoms with E-state index in [1.165, 1.54) is 13.3 Å². The van der Waals surface area contributed by atoms with Crippen molar-refractivity contribution < 1.29 is 9.53 Å². The molecule has 2 heterocycles. The highest BCUT2D eigenvalue weighted by atomic mass is 79.9. The quantitative estimate of drug-likeness (QED) is 0.799. The van der Waals surface area contributed by atoms with Crippen molar-refractivity contribution in [2.45, 2.75) is 0 Å². The van der Waals surface area contributed by atoms with Gasteiger partial charge in [0.2, 0.25) is 0 Å². The van der Waals surface area contributed by atoms with Gasteiger partial charge in [-0.25, -0.2) is 4.79 Å². The van der Waals surface area contributed by atoms with Crippen molar-refractivity contribution in [2.75, 3.05) is 7.11 Å². The lowest BCUT2D eigenvalue weighted by atomic mass is 10.2. The van der Waals surface area contributed by atoms with E-state index in [-0.39, 0.29) is 0 Å². The van der Waals surface area contributed by atoms with Crippen LogP contribution in [0.2, 0.25) is 0 Å².